The molecule has 110 valence electrons. The average molecular weight is 287 g/mol. The van der Waals surface area contributed by atoms with Crippen LogP contribution in [0.2, 0.25) is 0 Å². The van der Waals surface area contributed by atoms with Crippen molar-refractivity contribution in [2.75, 3.05) is 13.7 Å². The molecule has 21 heavy (non-hydrogen) atoms. The molecule has 2 rings (SSSR count). The van der Waals surface area contributed by atoms with E-state index in [0.717, 1.165) is 11.1 Å². The van der Waals surface area contributed by atoms with E-state index < -0.39 is 0 Å². The Morgan fingerprint density at radius 3 is 2.48 bits per heavy atom. The van der Waals surface area contributed by atoms with Gasteiger partial charge in [-0.25, -0.2) is 4.39 Å². The number of methoxy groups -OCH3 is 1. The normalized spacial score (nSPS) is 12.0. The highest BCUT2D eigenvalue weighted by molar-refractivity contribution is 5.94. The maximum atomic E-state index is 12.8. The first kappa shape index (κ1) is 15.2. The van der Waals surface area contributed by atoms with Crippen molar-refractivity contribution < 1.29 is 13.9 Å². The van der Waals surface area contributed by atoms with Gasteiger partial charge in [-0.2, -0.15) is 0 Å². The summed E-state index contributed by atoms with van der Waals surface area (Å²) in [5, 5.41) is 2.81. The topological polar surface area (TPSA) is 38.3 Å². The second-order valence-corrected chi connectivity index (χ2v) is 4.80. The van der Waals surface area contributed by atoms with E-state index in [2.05, 4.69) is 5.32 Å². The van der Waals surface area contributed by atoms with Crippen LogP contribution in [0.15, 0.2) is 48.5 Å². The summed E-state index contributed by atoms with van der Waals surface area (Å²) in [6.45, 7) is 2.36. The first-order valence-corrected chi connectivity index (χ1v) is 6.74. The minimum Gasteiger partial charge on any atom is -0.375 e. The van der Waals surface area contributed by atoms with Gasteiger partial charge in [0.25, 0.3) is 5.91 Å². The molecule has 0 radical (unpaired) electrons. The molecule has 1 unspecified atom stereocenters. The fourth-order valence-electron chi connectivity index (χ4n) is 2.16. The molecule has 1 amide bonds. The van der Waals surface area contributed by atoms with Crippen LogP contribution in [-0.2, 0) is 4.74 Å². The lowest BCUT2D eigenvalue weighted by molar-refractivity contribution is 0.0826. The number of carbonyl (C=O) groups is 1. The number of hydrogen-bond donors (Lipinski definition) is 1. The minimum absolute atomic E-state index is 0.212. The lowest BCUT2D eigenvalue weighted by Gasteiger charge is -2.18. The SMILES string of the molecule is COC(CNC(=O)c1ccc(F)cc1)c1ccccc1C. The predicted octanol–water partition coefficient (Wildman–Crippen LogP) is 3.25. The molecule has 0 spiro atoms. The lowest BCUT2D eigenvalue weighted by atomic mass is 10.0. The number of benzene rings is 2. The minimum atomic E-state index is -0.360. The van der Waals surface area contributed by atoms with Crippen molar-refractivity contribution in [2.45, 2.75) is 13.0 Å². The van der Waals surface area contributed by atoms with Crippen LogP contribution in [0.5, 0.6) is 0 Å². The highest BCUT2D eigenvalue weighted by atomic mass is 19.1. The van der Waals surface area contributed by atoms with Crippen molar-refractivity contribution in [1.82, 2.24) is 5.32 Å². The third-order valence-corrected chi connectivity index (χ3v) is 3.37. The number of hydrogen-bond acceptors (Lipinski definition) is 2. The van der Waals surface area contributed by atoms with Crippen molar-refractivity contribution in [3.05, 3.63) is 71.0 Å². The Hall–Kier alpha value is -2.20. The molecule has 2 aromatic rings. The van der Waals surface area contributed by atoms with E-state index >= 15 is 0 Å². The van der Waals surface area contributed by atoms with E-state index in [0.29, 0.717) is 12.1 Å². The largest absolute Gasteiger partial charge is 0.375 e. The van der Waals surface area contributed by atoms with Gasteiger partial charge in [0.2, 0.25) is 0 Å². The zero-order valence-corrected chi connectivity index (χ0v) is 12.1. The van der Waals surface area contributed by atoms with E-state index in [1.165, 1.54) is 24.3 Å². The number of halogens is 1. The van der Waals surface area contributed by atoms with Gasteiger partial charge < -0.3 is 10.1 Å². The summed E-state index contributed by atoms with van der Waals surface area (Å²) < 4.78 is 18.3. The van der Waals surface area contributed by atoms with Gasteiger partial charge in [0.05, 0.1) is 6.10 Å². The average Bonchev–Trinajstić information content (AvgIpc) is 2.50. The molecule has 0 saturated carbocycles. The fourth-order valence-corrected chi connectivity index (χ4v) is 2.16. The molecule has 0 aliphatic heterocycles. The van der Waals surface area contributed by atoms with E-state index in [1.54, 1.807) is 7.11 Å². The van der Waals surface area contributed by atoms with Crippen LogP contribution in [0, 0.1) is 12.7 Å². The van der Waals surface area contributed by atoms with Crippen LogP contribution in [-0.4, -0.2) is 19.6 Å². The van der Waals surface area contributed by atoms with E-state index in [9.17, 15) is 9.18 Å². The molecular formula is C17H18FNO2. The Kier molecular flexibility index (Phi) is 5.06. The fraction of sp³-hybridized carbons (Fsp3) is 0.235. The maximum Gasteiger partial charge on any atom is 0.251 e. The summed E-state index contributed by atoms with van der Waals surface area (Å²) in [6.07, 6.45) is -0.212. The van der Waals surface area contributed by atoms with Crippen LogP contribution >= 0.6 is 0 Å². The zero-order chi connectivity index (χ0) is 15.2. The van der Waals surface area contributed by atoms with Crippen molar-refractivity contribution in [2.24, 2.45) is 0 Å². The quantitative estimate of drug-likeness (QED) is 0.916. The van der Waals surface area contributed by atoms with Crippen molar-refractivity contribution in [1.29, 1.82) is 0 Å². The number of nitrogens with one attached hydrogen (secondary N) is 1. The number of aryl methyl sites for hydroxylation is 1. The van der Waals surface area contributed by atoms with Gasteiger partial charge in [-0.05, 0) is 42.3 Å². The van der Waals surface area contributed by atoms with Crippen molar-refractivity contribution in [3.63, 3.8) is 0 Å². The molecular weight excluding hydrogens is 269 g/mol. The van der Waals surface area contributed by atoms with Gasteiger partial charge in [0, 0.05) is 19.2 Å². The van der Waals surface area contributed by atoms with Crippen molar-refractivity contribution in [3.8, 4) is 0 Å². The molecule has 0 heterocycles. The van der Waals surface area contributed by atoms with Crippen LogP contribution in [0.1, 0.15) is 27.6 Å². The van der Waals surface area contributed by atoms with Gasteiger partial charge in [-0.15, -0.1) is 0 Å². The summed E-state index contributed by atoms with van der Waals surface area (Å²) in [5.74, 6) is -0.605. The molecule has 0 bridgehead atoms. The van der Waals surface area contributed by atoms with Gasteiger partial charge in [0.15, 0.2) is 0 Å². The summed E-state index contributed by atoms with van der Waals surface area (Å²) >= 11 is 0. The molecule has 0 aliphatic carbocycles. The molecule has 2 aromatic carbocycles. The summed E-state index contributed by atoms with van der Waals surface area (Å²) in [6, 6.07) is 13.3. The zero-order valence-electron chi connectivity index (χ0n) is 12.1. The van der Waals surface area contributed by atoms with E-state index in [4.69, 9.17) is 4.74 Å². The highest BCUT2D eigenvalue weighted by Crippen LogP contribution is 2.19. The molecule has 1 N–H and O–H groups in total. The Bertz CT molecular complexity index is 610. The Morgan fingerprint density at radius 2 is 1.86 bits per heavy atom. The molecule has 4 heteroatoms. The molecule has 3 nitrogen and oxygen atoms in total. The third-order valence-electron chi connectivity index (χ3n) is 3.37. The van der Waals surface area contributed by atoms with E-state index in [-0.39, 0.29) is 17.8 Å². The summed E-state index contributed by atoms with van der Waals surface area (Å²) in [5.41, 5.74) is 2.58. The number of rotatable bonds is 5. The maximum absolute atomic E-state index is 12.8. The van der Waals surface area contributed by atoms with Crippen LogP contribution in [0.3, 0.4) is 0 Å². The molecule has 1 atom stereocenters. The van der Waals surface area contributed by atoms with Gasteiger partial charge in [-0.3, -0.25) is 4.79 Å². The number of amides is 1. The predicted molar refractivity (Wildman–Crippen MR) is 79.7 cm³/mol. The second kappa shape index (κ2) is 6.99. The monoisotopic (exact) mass is 287 g/mol. The first-order valence-electron chi connectivity index (χ1n) is 6.74. The molecule has 0 fully saturated rings. The molecule has 0 saturated heterocycles. The standard InChI is InChI=1S/C17H18FNO2/c1-12-5-3-4-6-15(12)16(21-2)11-19-17(20)13-7-9-14(18)10-8-13/h3-10,16H,11H2,1-2H3,(H,19,20). The highest BCUT2D eigenvalue weighted by Gasteiger charge is 2.14. The number of ether oxygens (including phenoxy) is 1. The Balaban J connectivity index is 2.02. The van der Waals surface area contributed by atoms with Crippen LogP contribution < -0.4 is 5.32 Å². The Morgan fingerprint density at radius 1 is 1.19 bits per heavy atom. The smallest absolute Gasteiger partial charge is 0.251 e. The third kappa shape index (κ3) is 3.89. The lowest BCUT2D eigenvalue weighted by Crippen LogP contribution is -2.29. The van der Waals surface area contributed by atoms with Gasteiger partial charge in [0.1, 0.15) is 5.82 Å². The first-order chi connectivity index (χ1) is 10.1. The van der Waals surface area contributed by atoms with Gasteiger partial charge >= 0.3 is 0 Å². The van der Waals surface area contributed by atoms with Crippen LogP contribution in [0.4, 0.5) is 4.39 Å². The van der Waals surface area contributed by atoms with Crippen molar-refractivity contribution >= 4 is 5.91 Å². The van der Waals surface area contributed by atoms with Gasteiger partial charge in [-0.1, -0.05) is 24.3 Å². The summed E-state index contributed by atoms with van der Waals surface area (Å²) in [4.78, 5) is 12.0. The molecule has 0 aliphatic rings. The second-order valence-electron chi connectivity index (χ2n) is 4.80. The molecule has 0 aromatic heterocycles. The number of carbonyl (C=O) groups excluding carboxylic acids is 1. The summed E-state index contributed by atoms with van der Waals surface area (Å²) in [7, 11) is 1.61. The van der Waals surface area contributed by atoms with E-state index in [1.807, 2.05) is 31.2 Å². The Labute approximate surface area is 123 Å². The van der Waals surface area contributed by atoms with Crippen LogP contribution in [0.25, 0.3) is 0 Å².